The maximum absolute atomic E-state index is 13.3. The van der Waals surface area contributed by atoms with Gasteiger partial charge in [-0.1, -0.05) is 11.6 Å². The van der Waals surface area contributed by atoms with E-state index in [0.29, 0.717) is 62.9 Å². The molecular formula is C26H36ClN5O4. The van der Waals surface area contributed by atoms with E-state index in [1.165, 1.54) is 0 Å². The van der Waals surface area contributed by atoms with Crippen molar-refractivity contribution < 1.29 is 19.1 Å². The minimum atomic E-state index is -0.913. The summed E-state index contributed by atoms with van der Waals surface area (Å²) >= 11 is 6.17. The molecule has 0 unspecified atom stereocenters. The van der Waals surface area contributed by atoms with Crippen LogP contribution in [0.25, 0.3) is 0 Å². The largest absolute Gasteiger partial charge is 0.490 e. The van der Waals surface area contributed by atoms with Gasteiger partial charge in [0.05, 0.1) is 19.6 Å². The molecule has 3 heterocycles. The predicted molar refractivity (Wildman–Crippen MR) is 137 cm³/mol. The first-order valence-corrected chi connectivity index (χ1v) is 13.0. The van der Waals surface area contributed by atoms with Gasteiger partial charge < -0.3 is 24.2 Å². The van der Waals surface area contributed by atoms with Crippen LogP contribution >= 0.6 is 11.6 Å². The molecule has 0 N–H and O–H groups in total. The molecule has 0 saturated carbocycles. The Morgan fingerprint density at radius 2 is 1.94 bits per heavy atom. The predicted octanol–water partition coefficient (Wildman–Crippen LogP) is 2.47. The third-order valence-electron chi connectivity index (χ3n) is 6.90. The molecule has 0 spiro atoms. The van der Waals surface area contributed by atoms with Crippen LogP contribution in [0.2, 0.25) is 5.02 Å². The van der Waals surface area contributed by atoms with Gasteiger partial charge in [0.1, 0.15) is 18.0 Å². The Kier molecular flexibility index (Phi) is 8.87. The number of hydrogen-bond acceptors (Lipinski definition) is 6. The van der Waals surface area contributed by atoms with Crippen molar-refractivity contribution in [3.05, 3.63) is 47.2 Å². The molecule has 10 heteroatoms. The Labute approximate surface area is 217 Å². The van der Waals surface area contributed by atoms with Crippen molar-refractivity contribution in [3.63, 3.8) is 0 Å². The number of piperazine rings is 1. The number of amides is 2. The molecule has 2 amide bonds. The average molecular weight is 518 g/mol. The van der Waals surface area contributed by atoms with E-state index in [1.807, 2.05) is 45.8 Å². The van der Waals surface area contributed by atoms with Crippen LogP contribution in [0, 0.1) is 6.92 Å². The highest BCUT2D eigenvalue weighted by Crippen LogP contribution is 2.28. The van der Waals surface area contributed by atoms with Crippen molar-refractivity contribution >= 4 is 23.4 Å². The van der Waals surface area contributed by atoms with Crippen molar-refractivity contribution in [2.24, 2.45) is 0 Å². The zero-order valence-corrected chi connectivity index (χ0v) is 22.0. The van der Waals surface area contributed by atoms with Crippen LogP contribution in [-0.2, 0) is 20.9 Å². The van der Waals surface area contributed by atoms with Crippen molar-refractivity contribution in [1.29, 1.82) is 0 Å². The van der Waals surface area contributed by atoms with Crippen molar-refractivity contribution in [1.82, 2.24) is 24.5 Å². The van der Waals surface area contributed by atoms with Gasteiger partial charge in [-0.05, 0) is 50.2 Å². The van der Waals surface area contributed by atoms with Gasteiger partial charge in [0.15, 0.2) is 0 Å². The van der Waals surface area contributed by atoms with Gasteiger partial charge in [-0.25, -0.2) is 0 Å². The summed E-state index contributed by atoms with van der Waals surface area (Å²) in [5, 5.41) is 4.87. The summed E-state index contributed by atoms with van der Waals surface area (Å²) in [6.07, 6.45) is 4.91. The van der Waals surface area contributed by atoms with Crippen molar-refractivity contribution in [2.75, 3.05) is 59.5 Å². The third kappa shape index (κ3) is 6.99. The number of carbonyl (C=O) groups excluding carboxylic acids is 2. The van der Waals surface area contributed by atoms with E-state index in [-0.39, 0.29) is 24.8 Å². The van der Waals surface area contributed by atoms with E-state index in [9.17, 15) is 9.59 Å². The number of rotatable bonds is 9. The molecule has 196 valence electrons. The molecule has 2 aromatic rings. The minimum absolute atomic E-state index is 0.0342. The molecule has 0 radical (unpaired) electrons. The first-order valence-electron chi connectivity index (χ1n) is 12.6. The van der Waals surface area contributed by atoms with E-state index in [0.717, 1.165) is 18.7 Å². The van der Waals surface area contributed by atoms with Gasteiger partial charge in [-0.15, -0.1) is 0 Å². The lowest BCUT2D eigenvalue weighted by Crippen LogP contribution is -2.59. The Morgan fingerprint density at radius 1 is 1.14 bits per heavy atom. The maximum Gasteiger partial charge on any atom is 0.225 e. The second-order valence-electron chi connectivity index (χ2n) is 9.78. The van der Waals surface area contributed by atoms with Gasteiger partial charge in [-0.3, -0.25) is 14.3 Å². The summed E-state index contributed by atoms with van der Waals surface area (Å²) in [7, 11) is 2.06. The molecule has 1 aromatic carbocycles. The molecule has 4 rings (SSSR count). The number of ether oxygens (including phenoxy) is 2. The van der Waals surface area contributed by atoms with Gasteiger partial charge in [0.2, 0.25) is 11.8 Å². The van der Waals surface area contributed by atoms with Crippen molar-refractivity contribution in [2.45, 2.75) is 38.3 Å². The van der Waals surface area contributed by atoms with Gasteiger partial charge >= 0.3 is 0 Å². The molecule has 2 aliphatic rings. The second kappa shape index (κ2) is 12.1. The normalized spacial score (nSPS) is 21.0. The number of nitrogens with zero attached hydrogens (tertiary/aromatic N) is 5. The Hall–Kier alpha value is -2.62. The Morgan fingerprint density at radius 3 is 2.67 bits per heavy atom. The molecule has 36 heavy (non-hydrogen) atoms. The van der Waals surface area contributed by atoms with Gasteiger partial charge in [0, 0.05) is 63.1 Å². The summed E-state index contributed by atoms with van der Waals surface area (Å²) in [4.78, 5) is 32.3. The van der Waals surface area contributed by atoms with E-state index >= 15 is 0 Å². The monoisotopic (exact) mass is 517 g/mol. The SMILES string of the molecule is Cc1cc(OC[C@]2(CC(=O)N3CCN(C)CC3)CN(C(=O)CCCn3cccn3)CCO2)ccc1Cl. The van der Waals surface area contributed by atoms with Crippen LogP contribution in [0.1, 0.15) is 24.8 Å². The third-order valence-corrected chi connectivity index (χ3v) is 7.32. The standard InChI is InChI=1S/C26H36ClN5O4/c1-21-17-22(6-7-23(21)27)35-20-26(18-25(34)30-13-11-29(2)12-14-30)19-31(15-16-36-26)24(33)5-3-9-32-10-4-8-28-32/h4,6-8,10,17H,3,5,9,11-16,18-20H2,1-2H3/t26-/m0/s1. The fraction of sp³-hybridized carbons (Fsp3) is 0.577. The lowest BCUT2D eigenvalue weighted by atomic mass is 9.96. The smallest absolute Gasteiger partial charge is 0.225 e. The molecule has 1 aromatic heterocycles. The molecule has 1 atom stereocenters. The highest BCUT2D eigenvalue weighted by Gasteiger charge is 2.42. The number of halogens is 1. The van der Waals surface area contributed by atoms with E-state index < -0.39 is 5.60 Å². The highest BCUT2D eigenvalue weighted by atomic mass is 35.5. The van der Waals surface area contributed by atoms with Crippen LogP contribution in [0.4, 0.5) is 0 Å². The van der Waals surface area contributed by atoms with Crippen LogP contribution in [0.5, 0.6) is 5.75 Å². The molecule has 2 aliphatic heterocycles. The number of carbonyl (C=O) groups is 2. The Bertz CT molecular complexity index is 1030. The number of aryl methyl sites for hydroxylation is 2. The molecule has 2 saturated heterocycles. The zero-order valence-electron chi connectivity index (χ0n) is 21.2. The number of aromatic nitrogens is 2. The van der Waals surface area contributed by atoms with E-state index in [2.05, 4.69) is 17.0 Å². The fourth-order valence-electron chi connectivity index (χ4n) is 4.65. The van der Waals surface area contributed by atoms with Crippen LogP contribution in [-0.4, -0.2) is 101 Å². The van der Waals surface area contributed by atoms with Gasteiger partial charge in [-0.2, -0.15) is 5.10 Å². The summed E-state index contributed by atoms with van der Waals surface area (Å²) in [5.74, 6) is 0.755. The number of likely N-dealkylation sites (N-methyl/N-ethyl adjacent to an activating group) is 1. The van der Waals surface area contributed by atoms with E-state index in [1.54, 1.807) is 12.3 Å². The maximum atomic E-state index is 13.3. The molecule has 2 fully saturated rings. The minimum Gasteiger partial charge on any atom is -0.490 e. The topological polar surface area (TPSA) is 80.1 Å². The van der Waals surface area contributed by atoms with Crippen LogP contribution in [0.3, 0.4) is 0 Å². The number of morpholine rings is 1. The van der Waals surface area contributed by atoms with Crippen LogP contribution < -0.4 is 4.74 Å². The van der Waals surface area contributed by atoms with Gasteiger partial charge in [0.25, 0.3) is 0 Å². The zero-order chi connectivity index (χ0) is 25.5. The second-order valence-corrected chi connectivity index (χ2v) is 10.2. The summed E-state index contributed by atoms with van der Waals surface area (Å²) in [5.41, 5.74) is -0.000536. The average Bonchev–Trinajstić information content (AvgIpc) is 3.39. The summed E-state index contributed by atoms with van der Waals surface area (Å²) in [6, 6.07) is 7.36. The number of benzene rings is 1. The fourth-order valence-corrected chi connectivity index (χ4v) is 4.77. The quantitative estimate of drug-likeness (QED) is 0.508. The molecule has 0 bridgehead atoms. The first kappa shape index (κ1) is 26.4. The summed E-state index contributed by atoms with van der Waals surface area (Å²) < 4.78 is 14.2. The molecule has 9 nitrogen and oxygen atoms in total. The lowest BCUT2D eigenvalue weighted by Gasteiger charge is -2.43. The Balaban J connectivity index is 1.43. The van der Waals surface area contributed by atoms with Crippen molar-refractivity contribution in [3.8, 4) is 5.75 Å². The number of hydrogen-bond donors (Lipinski definition) is 0. The van der Waals surface area contributed by atoms with Crippen LogP contribution in [0.15, 0.2) is 36.7 Å². The highest BCUT2D eigenvalue weighted by molar-refractivity contribution is 6.31. The first-order chi connectivity index (χ1) is 17.3. The summed E-state index contributed by atoms with van der Waals surface area (Å²) in [6.45, 7) is 7.05. The van der Waals surface area contributed by atoms with E-state index in [4.69, 9.17) is 21.1 Å². The lowest BCUT2D eigenvalue weighted by molar-refractivity contribution is -0.166. The molecule has 0 aliphatic carbocycles. The molecular weight excluding hydrogens is 482 g/mol.